The Hall–Kier alpha value is -1.95. The third kappa shape index (κ3) is 3.33. The Morgan fingerprint density at radius 2 is 1.85 bits per heavy atom. The fraction of sp³-hybridized carbons (Fsp3) is 0.500. The van der Waals surface area contributed by atoms with Crippen LogP contribution in [0, 0.1) is 15.5 Å². The minimum Gasteiger partial charge on any atom is -0.351 e. The molecule has 0 aliphatic heterocycles. The standard InChI is InChI=1S/C14H21N3O3/c1-13(2,14(3,4)15)12(18)16-9-10-7-5-6-8-11(10)17(19)20/h5-8H,9,15H2,1-4H3,(H,16,18). The zero-order chi connectivity index (χ0) is 15.6. The highest BCUT2D eigenvalue weighted by Crippen LogP contribution is 2.28. The number of carbonyl (C=O) groups is 1. The van der Waals surface area contributed by atoms with Crippen molar-refractivity contribution < 1.29 is 9.72 Å². The number of amides is 1. The Labute approximate surface area is 118 Å². The smallest absolute Gasteiger partial charge is 0.274 e. The summed E-state index contributed by atoms with van der Waals surface area (Å²) in [7, 11) is 0. The first kappa shape index (κ1) is 16.1. The molecule has 0 fully saturated rings. The fourth-order valence-electron chi connectivity index (χ4n) is 1.53. The number of nitro benzene ring substituents is 1. The molecule has 6 nitrogen and oxygen atoms in total. The van der Waals surface area contributed by atoms with E-state index in [1.54, 1.807) is 45.9 Å². The molecule has 0 aromatic heterocycles. The van der Waals surface area contributed by atoms with Crippen LogP contribution in [0.4, 0.5) is 5.69 Å². The van der Waals surface area contributed by atoms with Crippen molar-refractivity contribution in [1.29, 1.82) is 0 Å². The summed E-state index contributed by atoms with van der Waals surface area (Å²) >= 11 is 0. The predicted molar refractivity (Wildman–Crippen MR) is 77.0 cm³/mol. The summed E-state index contributed by atoms with van der Waals surface area (Å²) in [6, 6.07) is 6.33. The molecule has 110 valence electrons. The molecule has 6 heteroatoms. The zero-order valence-electron chi connectivity index (χ0n) is 12.3. The topological polar surface area (TPSA) is 98.3 Å². The van der Waals surface area contributed by atoms with Crippen LogP contribution in [-0.4, -0.2) is 16.4 Å². The number of benzene rings is 1. The molecule has 0 bridgehead atoms. The molecule has 0 radical (unpaired) electrons. The molecule has 1 amide bonds. The van der Waals surface area contributed by atoms with Gasteiger partial charge in [0.1, 0.15) is 0 Å². The van der Waals surface area contributed by atoms with Crippen molar-refractivity contribution in [2.24, 2.45) is 11.1 Å². The molecule has 3 N–H and O–H groups in total. The van der Waals surface area contributed by atoms with E-state index >= 15 is 0 Å². The van der Waals surface area contributed by atoms with Crippen LogP contribution in [0.2, 0.25) is 0 Å². The van der Waals surface area contributed by atoms with Gasteiger partial charge in [-0.25, -0.2) is 0 Å². The van der Waals surface area contributed by atoms with Crippen molar-refractivity contribution in [2.45, 2.75) is 39.8 Å². The molecule has 0 aliphatic carbocycles. The monoisotopic (exact) mass is 279 g/mol. The van der Waals surface area contributed by atoms with Crippen molar-refractivity contribution in [1.82, 2.24) is 5.32 Å². The van der Waals surface area contributed by atoms with Crippen LogP contribution < -0.4 is 11.1 Å². The first-order valence-corrected chi connectivity index (χ1v) is 6.37. The second-order valence-corrected chi connectivity index (χ2v) is 5.92. The zero-order valence-corrected chi connectivity index (χ0v) is 12.3. The summed E-state index contributed by atoms with van der Waals surface area (Å²) in [5.41, 5.74) is 4.98. The van der Waals surface area contributed by atoms with Gasteiger partial charge in [0.05, 0.1) is 10.3 Å². The Morgan fingerprint density at radius 1 is 1.30 bits per heavy atom. The summed E-state index contributed by atoms with van der Waals surface area (Å²) < 4.78 is 0. The van der Waals surface area contributed by atoms with Gasteiger partial charge in [-0.05, 0) is 27.7 Å². The van der Waals surface area contributed by atoms with Gasteiger partial charge < -0.3 is 11.1 Å². The van der Waals surface area contributed by atoms with Gasteiger partial charge >= 0.3 is 0 Å². The Bertz CT molecular complexity index is 519. The van der Waals surface area contributed by atoms with Crippen LogP contribution in [0.25, 0.3) is 0 Å². The summed E-state index contributed by atoms with van der Waals surface area (Å²) in [5, 5.41) is 13.6. The molecule has 0 atom stereocenters. The molecule has 0 aliphatic rings. The quantitative estimate of drug-likeness (QED) is 0.636. The number of hydrogen-bond donors (Lipinski definition) is 2. The number of nitro groups is 1. The fourth-order valence-corrected chi connectivity index (χ4v) is 1.53. The molecular formula is C14H21N3O3. The van der Waals surface area contributed by atoms with Gasteiger partial charge in [-0.1, -0.05) is 18.2 Å². The van der Waals surface area contributed by atoms with Gasteiger partial charge in [0.2, 0.25) is 5.91 Å². The summed E-state index contributed by atoms with van der Waals surface area (Å²) in [5.74, 6) is -0.233. The molecule has 0 heterocycles. The van der Waals surface area contributed by atoms with Gasteiger partial charge in [-0.15, -0.1) is 0 Å². The Balaban J connectivity index is 2.84. The van der Waals surface area contributed by atoms with Gasteiger partial charge in [0, 0.05) is 23.7 Å². The molecule has 20 heavy (non-hydrogen) atoms. The highest BCUT2D eigenvalue weighted by Gasteiger charge is 2.40. The van der Waals surface area contributed by atoms with Gasteiger partial charge in [0.15, 0.2) is 0 Å². The average Bonchev–Trinajstić information content (AvgIpc) is 2.34. The number of para-hydroxylation sites is 1. The summed E-state index contributed by atoms with van der Waals surface area (Å²) in [4.78, 5) is 22.6. The van der Waals surface area contributed by atoms with Crippen molar-refractivity contribution in [3.05, 3.63) is 39.9 Å². The second-order valence-electron chi connectivity index (χ2n) is 5.92. The van der Waals surface area contributed by atoms with Crippen LogP contribution >= 0.6 is 0 Å². The van der Waals surface area contributed by atoms with Gasteiger partial charge in [-0.3, -0.25) is 14.9 Å². The van der Waals surface area contributed by atoms with Gasteiger partial charge in [-0.2, -0.15) is 0 Å². The van der Waals surface area contributed by atoms with Crippen LogP contribution in [0.3, 0.4) is 0 Å². The number of carbonyl (C=O) groups excluding carboxylic acids is 1. The van der Waals surface area contributed by atoms with Crippen LogP contribution in [0.15, 0.2) is 24.3 Å². The first-order valence-electron chi connectivity index (χ1n) is 6.37. The van der Waals surface area contributed by atoms with Crippen molar-refractivity contribution >= 4 is 11.6 Å². The van der Waals surface area contributed by atoms with E-state index in [4.69, 9.17) is 5.73 Å². The van der Waals surface area contributed by atoms with Crippen LogP contribution in [-0.2, 0) is 11.3 Å². The maximum atomic E-state index is 12.2. The normalized spacial score (nSPS) is 12.1. The minimum atomic E-state index is -0.781. The third-order valence-corrected chi connectivity index (χ3v) is 3.81. The summed E-state index contributed by atoms with van der Waals surface area (Å²) in [6.07, 6.45) is 0. The van der Waals surface area contributed by atoms with Crippen LogP contribution in [0.5, 0.6) is 0 Å². The second kappa shape index (κ2) is 5.58. The molecule has 1 aromatic carbocycles. The maximum Gasteiger partial charge on any atom is 0.274 e. The van der Waals surface area contributed by atoms with E-state index < -0.39 is 15.9 Å². The molecule has 0 saturated heterocycles. The minimum absolute atomic E-state index is 0.00221. The van der Waals surface area contributed by atoms with E-state index in [-0.39, 0.29) is 18.1 Å². The van der Waals surface area contributed by atoms with E-state index in [1.807, 2.05) is 0 Å². The first-order chi connectivity index (χ1) is 9.07. The molecule has 0 saturated carbocycles. The lowest BCUT2D eigenvalue weighted by molar-refractivity contribution is -0.385. The lowest BCUT2D eigenvalue weighted by Crippen LogP contribution is -2.55. The van der Waals surface area contributed by atoms with Crippen molar-refractivity contribution in [3.63, 3.8) is 0 Å². The van der Waals surface area contributed by atoms with E-state index in [1.165, 1.54) is 6.07 Å². The predicted octanol–water partition coefficient (Wildman–Crippen LogP) is 1.97. The molecule has 0 unspecified atom stereocenters. The molecule has 1 rings (SSSR count). The molecule has 0 spiro atoms. The highest BCUT2D eigenvalue weighted by atomic mass is 16.6. The van der Waals surface area contributed by atoms with E-state index in [0.717, 1.165) is 0 Å². The Kier molecular flexibility index (Phi) is 4.50. The average molecular weight is 279 g/mol. The SMILES string of the molecule is CC(C)(N)C(C)(C)C(=O)NCc1ccccc1[N+](=O)[O-]. The third-order valence-electron chi connectivity index (χ3n) is 3.81. The van der Waals surface area contributed by atoms with Crippen molar-refractivity contribution in [3.8, 4) is 0 Å². The van der Waals surface area contributed by atoms with Gasteiger partial charge in [0.25, 0.3) is 5.69 Å². The largest absolute Gasteiger partial charge is 0.351 e. The van der Waals surface area contributed by atoms with E-state index in [2.05, 4.69) is 5.32 Å². The number of nitrogens with two attached hydrogens (primary N) is 1. The van der Waals surface area contributed by atoms with E-state index in [9.17, 15) is 14.9 Å². The summed E-state index contributed by atoms with van der Waals surface area (Å²) in [6.45, 7) is 7.16. The number of nitrogens with one attached hydrogen (secondary N) is 1. The lowest BCUT2D eigenvalue weighted by atomic mass is 9.74. The molecular weight excluding hydrogens is 258 g/mol. The maximum absolute atomic E-state index is 12.2. The number of hydrogen-bond acceptors (Lipinski definition) is 4. The lowest BCUT2D eigenvalue weighted by Gasteiger charge is -2.36. The highest BCUT2D eigenvalue weighted by molar-refractivity contribution is 5.83. The van der Waals surface area contributed by atoms with Crippen LogP contribution in [0.1, 0.15) is 33.3 Å². The van der Waals surface area contributed by atoms with Crippen molar-refractivity contribution in [2.75, 3.05) is 0 Å². The molecule has 1 aromatic rings. The number of rotatable bonds is 5. The number of nitrogens with zero attached hydrogens (tertiary/aromatic N) is 1. The van der Waals surface area contributed by atoms with E-state index in [0.29, 0.717) is 5.56 Å². The Morgan fingerprint density at radius 3 is 2.35 bits per heavy atom.